The third-order valence-electron chi connectivity index (χ3n) is 5.28. The highest BCUT2D eigenvalue weighted by Crippen LogP contribution is 2.34. The van der Waals surface area contributed by atoms with Crippen LogP contribution in [-0.4, -0.2) is 28.3 Å². The Balaban J connectivity index is 1.82. The van der Waals surface area contributed by atoms with E-state index in [2.05, 4.69) is 21.0 Å². The van der Waals surface area contributed by atoms with Gasteiger partial charge in [-0.15, -0.1) is 0 Å². The highest BCUT2D eigenvalue weighted by atomic mass is 79.9. The Labute approximate surface area is 186 Å². The van der Waals surface area contributed by atoms with Crippen LogP contribution in [0.2, 0.25) is 0 Å². The number of hydrogen-bond donors (Lipinski definition) is 0. The summed E-state index contributed by atoms with van der Waals surface area (Å²) in [6, 6.07) is 8.34. The maximum Gasteiger partial charge on any atom is 0.338 e. The minimum atomic E-state index is -0.661. The zero-order valence-electron chi connectivity index (χ0n) is 16.8. The van der Waals surface area contributed by atoms with Crippen LogP contribution < -0.4 is 0 Å². The summed E-state index contributed by atoms with van der Waals surface area (Å²) >= 11 is 3.23. The first-order chi connectivity index (χ1) is 14.9. The number of carbonyl (C=O) groups excluding carboxylic acids is 2. The number of carbonyl (C=O) groups is 2. The van der Waals surface area contributed by atoms with Crippen molar-refractivity contribution in [3.63, 3.8) is 0 Å². The number of esters is 1. The fraction of sp³-hybridized carbons (Fsp3) is 0.261. The predicted molar refractivity (Wildman–Crippen MR) is 114 cm³/mol. The average molecular weight is 489 g/mol. The van der Waals surface area contributed by atoms with Crippen LogP contribution >= 0.6 is 15.9 Å². The van der Waals surface area contributed by atoms with Crippen LogP contribution in [0.5, 0.6) is 0 Å². The molecule has 0 radical (unpaired) electrons. The zero-order valence-corrected chi connectivity index (χ0v) is 18.3. The van der Waals surface area contributed by atoms with Crippen LogP contribution in [0, 0.1) is 11.6 Å². The Morgan fingerprint density at radius 2 is 1.90 bits per heavy atom. The van der Waals surface area contributed by atoms with Crippen molar-refractivity contribution in [2.45, 2.75) is 32.6 Å². The van der Waals surface area contributed by atoms with Crippen molar-refractivity contribution < 1.29 is 23.1 Å². The van der Waals surface area contributed by atoms with Crippen molar-refractivity contribution in [3.05, 3.63) is 74.9 Å². The molecule has 8 heteroatoms. The standard InChI is InChI=1S/C23H19BrF2N2O3/c1-2-31-23(30)13-10-11-14(18(26)12-13)21-15-6-3-4-9-19(15)28(27-21)22(29)20-16(24)7-5-8-17(20)25/h5,7-8,10-12H,2-4,6,9H2,1H3. The van der Waals surface area contributed by atoms with Gasteiger partial charge in [-0.3, -0.25) is 4.79 Å². The lowest BCUT2D eigenvalue weighted by Gasteiger charge is -2.14. The molecular formula is C23H19BrF2N2O3. The molecule has 2 aromatic carbocycles. The average Bonchev–Trinajstić information content (AvgIpc) is 3.13. The molecule has 31 heavy (non-hydrogen) atoms. The number of fused-ring (bicyclic) bond motifs is 1. The van der Waals surface area contributed by atoms with E-state index < -0.39 is 23.5 Å². The molecule has 0 N–H and O–H groups in total. The largest absolute Gasteiger partial charge is 0.462 e. The second-order valence-corrected chi connectivity index (χ2v) is 8.06. The lowest BCUT2D eigenvalue weighted by Crippen LogP contribution is -2.20. The summed E-state index contributed by atoms with van der Waals surface area (Å²) in [5.74, 6) is -2.52. The van der Waals surface area contributed by atoms with Crippen molar-refractivity contribution in [2.75, 3.05) is 6.61 Å². The maximum absolute atomic E-state index is 15.0. The monoisotopic (exact) mass is 488 g/mol. The molecule has 5 nitrogen and oxygen atoms in total. The SMILES string of the molecule is CCOC(=O)c1ccc(-c2nn(C(=O)c3c(F)cccc3Br)c3c2CCCC3)c(F)c1. The molecule has 1 heterocycles. The van der Waals surface area contributed by atoms with Gasteiger partial charge in [0.2, 0.25) is 0 Å². The number of ether oxygens (including phenoxy) is 1. The van der Waals surface area contributed by atoms with Crippen LogP contribution in [0.15, 0.2) is 40.9 Å². The molecule has 0 saturated heterocycles. The highest BCUT2D eigenvalue weighted by Gasteiger charge is 2.28. The van der Waals surface area contributed by atoms with Crippen LogP contribution in [-0.2, 0) is 17.6 Å². The highest BCUT2D eigenvalue weighted by molar-refractivity contribution is 9.10. The fourth-order valence-corrected chi connectivity index (χ4v) is 4.35. The van der Waals surface area contributed by atoms with Gasteiger partial charge in [-0.1, -0.05) is 6.07 Å². The lowest BCUT2D eigenvalue weighted by molar-refractivity contribution is 0.0525. The minimum absolute atomic E-state index is 0.0998. The normalized spacial score (nSPS) is 13.0. The van der Waals surface area contributed by atoms with Crippen molar-refractivity contribution in [2.24, 2.45) is 0 Å². The van der Waals surface area contributed by atoms with Gasteiger partial charge >= 0.3 is 5.97 Å². The van der Waals surface area contributed by atoms with Crippen LogP contribution in [0.1, 0.15) is 51.7 Å². The molecule has 0 aliphatic heterocycles. The summed E-state index contributed by atoms with van der Waals surface area (Å²) in [6.07, 6.45) is 2.96. The summed E-state index contributed by atoms with van der Waals surface area (Å²) in [5.41, 5.74) is 1.93. The van der Waals surface area contributed by atoms with Gasteiger partial charge in [0.15, 0.2) is 0 Å². The minimum Gasteiger partial charge on any atom is -0.462 e. The van der Waals surface area contributed by atoms with Crippen LogP contribution in [0.3, 0.4) is 0 Å². The molecule has 1 aliphatic carbocycles. The van der Waals surface area contributed by atoms with Gasteiger partial charge in [0.1, 0.15) is 11.6 Å². The maximum atomic E-state index is 15.0. The summed E-state index contributed by atoms with van der Waals surface area (Å²) in [4.78, 5) is 25.1. The van der Waals surface area contributed by atoms with Gasteiger partial charge in [-0.2, -0.15) is 9.78 Å². The van der Waals surface area contributed by atoms with Gasteiger partial charge < -0.3 is 4.74 Å². The molecule has 0 spiro atoms. The number of hydrogen-bond acceptors (Lipinski definition) is 4. The van der Waals surface area contributed by atoms with Gasteiger partial charge in [0.25, 0.3) is 5.91 Å². The number of rotatable bonds is 4. The van der Waals surface area contributed by atoms with Crippen LogP contribution in [0.4, 0.5) is 8.78 Å². The molecule has 1 aromatic heterocycles. The van der Waals surface area contributed by atoms with Gasteiger partial charge in [-0.05, 0) is 78.9 Å². The molecule has 0 amide bonds. The summed E-state index contributed by atoms with van der Waals surface area (Å²) in [6.45, 7) is 1.86. The van der Waals surface area contributed by atoms with Crippen molar-refractivity contribution in [1.82, 2.24) is 9.78 Å². The molecule has 0 saturated carbocycles. The molecule has 160 valence electrons. The lowest BCUT2D eigenvalue weighted by atomic mass is 9.93. The molecule has 4 rings (SSSR count). The predicted octanol–water partition coefficient (Wildman–Crippen LogP) is 5.33. The molecular weight excluding hydrogens is 470 g/mol. The molecule has 0 unspecified atom stereocenters. The zero-order chi connectivity index (χ0) is 22.1. The van der Waals surface area contributed by atoms with E-state index in [1.807, 2.05) is 0 Å². The third-order valence-corrected chi connectivity index (χ3v) is 5.95. The van der Waals surface area contributed by atoms with E-state index in [0.717, 1.165) is 24.5 Å². The van der Waals surface area contributed by atoms with Crippen molar-refractivity contribution in [3.8, 4) is 11.3 Å². The second kappa shape index (κ2) is 8.70. The molecule has 1 aliphatic rings. The Morgan fingerprint density at radius 3 is 2.61 bits per heavy atom. The summed E-state index contributed by atoms with van der Waals surface area (Å²) < 4.78 is 35.8. The van der Waals surface area contributed by atoms with E-state index in [-0.39, 0.29) is 23.3 Å². The van der Waals surface area contributed by atoms with Crippen LogP contribution in [0.25, 0.3) is 11.3 Å². The Bertz CT molecular complexity index is 1170. The quantitative estimate of drug-likeness (QED) is 0.465. The first-order valence-corrected chi connectivity index (χ1v) is 10.8. The summed E-state index contributed by atoms with van der Waals surface area (Å²) in [5, 5.41) is 4.42. The fourth-order valence-electron chi connectivity index (χ4n) is 3.84. The number of benzene rings is 2. The molecule has 0 fully saturated rings. The van der Waals surface area contributed by atoms with E-state index in [4.69, 9.17) is 4.74 Å². The second-order valence-electron chi connectivity index (χ2n) is 7.21. The number of aromatic nitrogens is 2. The van der Waals surface area contributed by atoms with Gasteiger partial charge in [0, 0.05) is 15.6 Å². The van der Waals surface area contributed by atoms with Gasteiger partial charge in [0.05, 0.1) is 29.1 Å². The molecule has 3 aromatic rings. The Hall–Kier alpha value is -2.87. The first-order valence-electron chi connectivity index (χ1n) is 9.99. The number of halogens is 3. The van der Waals surface area contributed by atoms with E-state index in [0.29, 0.717) is 28.7 Å². The smallest absolute Gasteiger partial charge is 0.338 e. The van der Waals surface area contributed by atoms with E-state index in [1.165, 1.54) is 28.9 Å². The third kappa shape index (κ3) is 3.92. The van der Waals surface area contributed by atoms with E-state index in [1.54, 1.807) is 13.0 Å². The van der Waals surface area contributed by atoms with Crippen molar-refractivity contribution >= 4 is 27.8 Å². The summed E-state index contributed by atoms with van der Waals surface area (Å²) in [7, 11) is 0. The topological polar surface area (TPSA) is 61.2 Å². The Morgan fingerprint density at radius 1 is 1.13 bits per heavy atom. The van der Waals surface area contributed by atoms with E-state index in [9.17, 15) is 18.4 Å². The number of nitrogens with zero attached hydrogens (tertiary/aromatic N) is 2. The molecule has 0 bridgehead atoms. The molecule has 0 atom stereocenters. The van der Waals surface area contributed by atoms with Gasteiger partial charge in [-0.25, -0.2) is 13.6 Å². The van der Waals surface area contributed by atoms with E-state index >= 15 is 0 Å². The van der Waals surface area contributed by atoms with Crippen molar-refractivity contribution in [1.29, 1.82) is 0 Å². The first kappa shape index (κ1) is 21.4. The Kier molecular flexibility index (Phi) is 6.00.